The van der Waals surface area contributed by atoms with Crippen LogP contribution in [0, 0.1) is 5.41 Å². The summed E-state index contributed by atoms with van der Waals surface area (Å²) in [6.07, 6.45) is 1.98. The lowest BCUT2D eigenvalue weighted by molar-refractivity contribution is -0.142. The lowest BCUT2D eigenvalue weighted by Gasteiger charge is -2.31. The average molecular weight is 310 g/mol. The SMILES string of the molecule is CC(C)(C)[C@@H](NC(=O)N(Cc1ccsc1)C1CC1)C(=O)O. The van der Waals surface area contributed by atoms with E-state index < -0.39 is 17.4 Å². The highest BCUT2D eigenvalue weighted by molar-refractivity contribution is 7.07. The molecule has 1 fully saturated rings. The number of hydrogen-bond donors (Lipinski definition) is 2. The van der Waals surface area contributed by atoms with Crippen molar-refractivity contribution in [2.45, 2.75) is 52.2 Å². The first-order valence-electron chi connectivity index (χ1n) is 7.10. The molecule has 0 bridgehead atoms. The van der Waals surface area contributed by atoms with Gasteiger partial charge in [-0.15, -0.1) is 0 Å². The van der Waals surface area contributed by atoms with Gasteiger partial charge in [-0.25, -0.2) is 9.59 Å². The summed E-state index contributed by atoms with van der Waals surface area (Å²) in [6.45, 7) is 5.97. The van der Waals surface area contributed by atoms with Crippen LogP contribution in [0.1, 0.15) is 39.2 Å². The lowest BCUT2D eigenvalue weighted by Crippen LogP contribution is -2.53. The number of nitrogens with zero attached hydrogens (tertiary/aromatic N) is 1. The number of hydrogen-bond acceptors (Lipinski definition) is 3. The quantitative estimate of drug-likeness (QED) is 0.878. The molecule has 116 valence electrons. The molecule has 2 rings (SSSR count). The van der Waals surface area contributed by atoms with E-state index in [-0.39, 0.29) is 12.1 Å². The number of carbonyl (C=O) groups excluding carboxylic acids is 1. The minimum absolute atomic E-state index is 0.235. The van der Waals surface area contributed by atoms with Gasteiger partial charge in [0.25, 0.3) is 0 Å². The summed E-state index contributed by atoms with van der Waals surface area (Å²) in [5, 5.41) is 16.0. The molecule has 1 aromatic heterocycles. The van der Waals surface area contributed by atoms with Gasteiger partial charge < -0.3 is 15.3 Å². The Morgan fingerprint density at radius 2 is 2.14 bits per heavy atom. The summed E-state index contributed by atoms with van der Waals surface area (Å²) >= 11 is 1.60. The van der Waals surface area contributed by atoms with Crippen LogP contribution in [0.4, 0.5) is 4.79 Å². The van der Waals surface area contributed by atoms with E-state index in [1.807, 2.05) is 37.6 Å². The number of carbonyl (C=O) groups is 2. The Hall–Kier alpha value is -1.56. The van der Waals surface area contributed by atoms with Gasteiger partial charge in [0.05, 0.1) is 0 Å². The van der Waals surface area contributed by atoms with Crippen LogP contribution in [0.2, 0.25) is 0 Å². The normalized spacial score (nSPS) is 16.3. The zero-order valence-corrected chi connectivity index (χ0v) is 13.4. The molecule has 0 spiro atoms. The molecule has 1 heterocycles. The monoisotopic (exact) mass is 310 g/mol. The third kappa shape index (κ3) is 4.20. The topological polar surface area (TPSA) is 69.6 Å². The summed E-state index contributed by atoms with van der Waals surface area (Å²) in [4.78, 5) is 25.6. The van der Waals surface area contributed by atoms with Gasteiger partial charge >= 0.3 is 12.0 Å². The standard InChI is InChI=1S/C15H22N2O3S/c1-15(2,3)12(13(18)19)16-14(20)17(11-4-5-11)8-10-6-7-21-9-10/h6-7,9,11-12H,4-5,8H2,1-3H3,(H,16,20)(H,18,19)/t12-/m0/s1. The molecular weight excluding hydrogens is 288 g/mol. The van der Waals surface area contributed by atoms with Crippen molar-refractivity contribution in [3.05, 3.63) is 22.4 Å². The van der Waals surface area contributed by atoms with Gasteiger partial charge in [-0.3, -0.25) is 0 Å². The molecule has 0 aliphatic heterocycles. The third-order valence-corrected chi connectivity index (χ3v) is 4.29. The summed E-state index contributed by atoms with van der Waals surface area (Å²) in [6, 6.07) is 1.05. The van der Waals surface area contributed by atoms with Crippen LogP contribution in [0.15, 0.2) is 16.8 Å². The molecular formula is C15H22N2O3S. The average Bonchev–Trinajstić information content (AvgIpc) is 3.08. The van der Waals surface area contributed by atoms with Crippen molar-refractivity contribution >= 4 is 23.3 Å². The Labute approximate surface area is 129 Å². The van der Waals surface area contributed by atoms with Gasteiger partial charge in [0, 0.05) is 12.6 Å². The van der Waals surface area contributed by atoms with Gasteiger partial charge in [0.15, 0.2) is 0 Å². The Morgan fingerprint density at radius 3 is 2.57 bits per heavy atom. The molecule has 5 nitrogen and oxygen atoms in total. The van der Waals surface area contributed by atoms with Gasteiger partial charge in [-0.05, 0) is 40.6 Å². The van der Waals surface area contributed by atoms with E-state index in [4.69, 9.17) is 0 Å². The number of carboxylic acid groups (broad SMARTS) is 1. The molecule has 1 aliphatic rings. The minimum atomic E-state index is -0.998. The molecule has 2 amide bonds. The van der Waals surface area contributed by atoms with Crippen molar-refractivity contribution in [3.8, 4) is 0 Å². The highest BCUT2D eigenvalue weighted by Gasteiger charge is 2.37. The first-order chi connectivity index (χ1) is 9.79. The van der Waals surface area contributed by atoms with Crippen molar-refractivity contribution in [1.29, 1.82) is 0 Å². The van der Waals surface area contributed by atoms with Crippen molar-refractivity contribution in [2.24, 2.45) is 5.41 Å². The summed E-state index contributed by atoms with van der Waals surface area (Å²) in [7, 11) is 0. The molecule has 6 heteroatoms. The van der Waals surface area contributed by atoms with Crippen LogP contribution in [0.25, 0.3) is 0 Å². The van der Waals surface area contributed by atoms with Crippen LogP contribution in [-0.4, -0.2) is 34.1 Å². The number of rotatable bonds is 5. The highest BCUT2D eigenvalue weighted by Crippen LogP contribution is 2.29. The molecule has 1 aliphatic carbocycles. The first-order valence-corrected chi connectivity index (χ1v) is 8.04. The second-order valence-corrected chi connectivity index (χ2v) is 7.36. The van der Waals surface area contributed by atoms with E-state index in [0.717, 1.165) is 18.4 Å². The maximum absolute atomic E-state index is 12.5. The van der Waals surface area contributed by atoms with Crippen LogP contribution in [0.5, 0.6) is 0 Å². The first kappa shape index (κ1) is 15.8. The largest absolute Gasteiger partial charge is 0.480 e. The Kier molecular flexibility index (Phi) is 4.56. The molecule has 0 saturated heterocycles. The highest BCUT2D eigenvalue weighted by atomic mass is 32.1. The van der Waals surface area contributed by atoms with E-state index >= 15 is 0 Å². The predicted octanol–water partition coefficient (Wildman–Crippen LogP) is 2.92. The summed E-state index contributed by atoms with van der Waals surface area (Å²) in [5.41, 5.74) is 0.559. The number of amides is 2. The number of nitrogens with one attached hydrogen (secondary N) is 1. The molecule has 0 unspecified atom stereocenters. The number of aliphatic carboxylic acids is 1. The lowest BCUT2D eigenvalue weighted by atomic mass is 9.87. The van der Waals surface area contributed by atoms with Crippen molar-refractivity contribution in [1.82, 2.24) is 10.2 Å². The fourth-order valence-electron chi connectivity index (χ4n) is 2.19. The fourth-order valence-corrected chi connectivity index (χ4v) is 2.85. The molecule has 2 N–H and O–H groups in total. The van der Waals surface area contributed by atoms with Gasteiger partial charge in [-0.2, -0.15) is 11.3 Å². The second kappa shape index (κ2) is 6.05. The van der Waals surface area contributed by atoms with E-state index in [1.165, 1.54) is 0 Å². The molecule has 1 saturated carbocycles. The fraction of sp³-hybridized carbons (Fsp3) is 0.600. The van der Waals surface area contributed by atoms with Crippen molar-refractivity contribution in [3.63, 3.8) is 0 Å². The van der Waals surface area contributed by atoms with E-state index in [1.54, 1.807) is 16.2 Å². The predicted molar refractivity (Wildman–Crippen MR) is 82.3 cm³/mol. The number of thiophene rings is 1. The van der Waals surface area contributed by atoms with Gasteiger partial charge in [0.2, 0.25) is 0 Å². The Bertz CT molecular complexity index is 503. The summed E-state index contributed by atoms with van der Waals surface area (Å²) < 4.78 is 0. The molecule has 1 atom stereocenters. The minimum Gasteiger partial charge on any atom is -0.480 e. The molecule has 0 radical (unpaired) electrons. The third-order valence-electron chi connectivity index (χ3n) is 3.56. The Morgan fingerprint density at radius 1 is 1.48 bits per heavy atom. The maximum Gasteiger partial charge on any atom is 0.326 e. The van der Waals surface area contributed by atoms with Gasteiger partial charge in [-0.1, -0.05) is 20.8 Å². The van der Waals surface area contributed by atoms with Crippen LogP contribution in [-0.2, 0) is 11.3 Å². The van der Waals surface area contributed by atoms with Crippen LogP contribution >= 0.6 is 11.3 Å². The number of carboxylic acids is 1. The second-order valence-electron chi connectivity index (χ2n) is 6.58. The van der Waals surface area contributed by atoms with Crippen molar-refractivity contribution in [2.75, 3.05) is 0 Å². The van der Waals surface area contributed by atoms with Crippen LogP contribution < -0.4 is 5.32 Å². The summed E-state index contributed by atoms with van der Waals surface area (Å²) in [5.74, 6) is -0.998. The molecule has 21 heavy (non-hydrogen) atoms. The van der Waals surface area contributed by atoms with Crippen molar-refractivity contribution < 1.29 is 14.7 Å². The van der Waals surface area contributed by atoms with Gasteiger partial charge in [0.1, 0.15) is 6.04 Å². The zero-order valence-electron chi connectivity index (χ0n) is 12.6. The van der Waals surface area contributed by atoms with Crippen LogP contribution in [0.3, 0.4) is 0 Å². The smallest absolute Gasteiger partial charge is 0.326 e. The maximum atomic E-state index is 12.5. The van der Waals surface area contributed by atoms with E-state index in [2.05, 4.69) is 5.32 Å². The Balaban J connectivity index is 2.06. The number of urea groups is 1. The van der Waals surface area contributed by atoms with E-state index in [0.29, 0.717) is 6.54 Å². The zero-order chi connectivity index (χ0) is 15.6. The molecule has 1 aromatic rings. The molecule has 0 aromatic carbocycles. The van der Waals surface area contributed by atoms with E-state index in [9.17, 15) is 14.7 Å².